The quantitative estimate of drug-likeness (QED) is 0.817. The van der Waals surface area contributed by atoms with E-state index >= 15 is 0 Å². The molecule has 4 nitrogen and oxygen atoms in total. The van der Waals surface area contributed by atoms with E-state index in [1.807, 2.05) is 0 Å². The van der Waals surface area contributed by atoms with Crippen LogP contribution in [0.2, 0.25) is 5.02 Å². The molecule has 0 bridgehead atoms. The predicted octanol–water partition coefficient (Wildman–Crippen LogP) is 2.39. The number of halogens is 1. The predicted molar refractivity (Wildman–Crippen MR) is 73.0 cm³/mol. The molecule has 0 atom stereocenters. The third-order valence-electron chi connectivity index (χ3n) is 3.61. The Bertz CT molecular complexity index is 553. The molecule has 1 aliphatic rings. The zero-order valence-corrected chi connectivity index (χ0v) is 11.8. The van der Waals surface area contributed by atoms with Gasteiger partial charge in [0.25, 0.3) is 0 Å². The number of rotatable bonds is 5. The molecule has 1 saturated carbocycles. The van der Waals surface area contributed by atoms with Crippen molar-refractivity contribution in [2.24, 2.45) is 5.41 Å². The molecule has 100 valence electrons. The van der Waals surface area contributed by atoms with Crippen molar-refractivity contribution >= 4 is 27.3 Å². The van der Waals surface area contributed by atoms with Crippen molar-refractivity contribution in [2.45, 2.75) is 31.1 Å². The second-order valence-electron chi connectivity index (χ2n) is 4.86. The first-order valence-corrected chi connectivity index (χ1v) is 7.79. The summed E-state index contributed by atoms with van der Waals surface area (Å²) >= 11 is 5.75. The normalized spacial score (nSPS) is 17.7. The lowest BCUT2D eigenvalue weighted by Crippen LogP contribution is -2.30. The zero-order chi connectivity index (χ0) is 13.4. The van der Waals surface area contributed by atoms with Gasteiger partial charge in [-0.2, -0.15) is 0 Å². The van der Waals surface area contributed by atoms with Crippen LogP contribution in [0, 0.1) is 5.41 Å². The molecular weight excluding hydrogens is 272 g/mol. The Balaban J connectivity index is 2.15. The van der Waals surface area contributed by atoms with Gasteiger partial charge in [-0.05, 0) is 42.9 Å². The van der Waals surface area contributed by atoms with Crippen LogP contribution < -0.4 is 10.5 Å². The van der Waals surface area contributed by atoms with Gasteiger partial charge in [-0.1, -0.05) is 18.5 Å². The summed E-state index contributed by atoms with van der Waals surface area (Å²) in [6.45, 7) is 2.56. The van der Waals surface area contributed by atoms with E-state index in [-0.39, 0.29) is 16.0 Å². The summed E-state index contributed by atoms with van der Waals surface area (Å²) in [5.41, 5.74) is 6.03. The van der Waals surface area contributed by atoms with E-state index in [9.17, 15) is 8.42 Å². The Labute approximate surface area is 113 Å². The first-order chi connectivity index (χ1) is 8.38. The number of nitrogens with one attached hydrogen (secondary N) is 1. The molecule has 0 amide bonds. The Morgan fingerprint density at radius 2 is 2.11 bits per heavy atom. The topological polar surface area (TPSA) is 72.2 Å². The maximum atomic E-state index is 12.1. The van der Waals surface area contributed by atoms with E-state index in [0.29, 0.717) is 11.6 Å². The fourth-order valence-corrected chi connectivity index (χ4v) is 3.37. The fourth-order valence-electron chi connectivity index (χ4n) is 1.92. The molecule has 6 heteroatoms. The van der Waals surface area contributed by atoms with Crippen molar-refractivity contribution in [2.75, 3.05) is 12.3 Å². The molecule has 1 aromatic carbocycles. The first kappa shape index (κ1) is 13.6. The van der Waals surface area contributed by atoms with Crippen molar-refractivity contribution in [1.29, 1.82) is 0 Å². The van der Waals surface area contributed by atoms with E-state index < -0.39 is 10.0 Å². The van der Waals surface area contributed by atoms with Gasteiger partial charge < -0.3 is 5.73 Å². The number of hydrogen-bond donors (Lipinski definition) is 2. The molecule has 3 N–H and O–H groups in total. The van der Waals surface area contributed by atoms with Crippen molar-refractivity contribution in [1.82, 2.24) is 4.72 Å². The molecule has 1 fully saturated rings. The number of nitrogens with two attached hydrogens (primary N) is 1. The van der Waals surface area contributed by atoms with Crippen LogP contribution >= 0.6 is 11.6 Å². The minimum Gasteiger partial charge on any atom is -0.398 e. The summed E-state index contributed by atoms with van der Waals surface area (Å²) < 4.78 is 26.9. The second-order valence-corrected chi connectivity index (χ2v) is 7.03. The molecule has 1 aliphatic carbocycles. The number of nitrogen functional groups attached to an aromatic ring is 1. The highest BCUT2D eigenvalue weighted by Crippen LogP contribution is 2.48. The lowest BCUT2D eigenvalue weighted by molar-refractivity contribution is 0.476. The summed E-state index contributed by atoms with van der Waals surface area (Å²) in [5.74, 6) is 0. The van der Waals surface area contributed by atoms with Crippen LogP contribution in [0.5, 0.6) is 0 Å². The lowest BCUT2D eigenvalue weighted by Gasteiger charge is -2.14. The Morgan fingerprint density at radius 3 is 2.61 bits per heavy atom. The van der Waals surface area contributed by atoms with Gasteiger partial charge in [0.15, 0.2) is 0 Å². The van der Waals surface area contributed by atoms with E-state index in [4.69, 9.17) is 17.3 Å². The summed E-state index contributed by atoms with van der Waals surface area (Å²) in [5, 5.41) is 0.429. The Hall–Kier alpha value is -0.780. The molecule has 0 heterocycles. The average Bonchev–Trinajstić information content (AvgIpc) is 3.07. The molecule has 0 radical (unpaired) electrons. The minimum absolute atomic E-state index is 0.0961. The van der Waals surface area contributed by atoms with Crippen LogP contribution in [0.15, 0.2) is 23.1 Å². The smallest absolute Gasteiger partial charge is 0.242 e. The number of hydrogen-bond acceptors (Lipinski definition) is 3. The second kappa shape index (κ2) is 4.72. The number of anilines is 1. The molecule has 0 aliphatic heterocycles. The van der Waals surface area contributed by atoms with Crippen molar-refractivity contribution in [3.05, 3.63) is 23.2 Å². The fraction of sp³-hybridized carbons (Fsp3) is 0.500. The highest BCUT2D eigenvalue weighted by molar-refractivity contribution is 7.89. The van der Waals surface area contributed by atoms with Gasteiger partial charge >= 0.3 is 0 Å². The highest BCUT2D eigenvalue weighted by atomic mass is 35.5. The zero-order valence-electron chi connectivity index (χ0n) is 10.2. The monoisotopic (exact) mass is 288 g/mol. The Morgan fingerprint density at radius 1 is 1.44 bits per heavy atom. The molecule has 0 aromatic heterocycles. The van der Waals surface area contributed by atoms with Gasteiger partial charge in [0.05, 0.1) is 5.69 Å². The molecule has 0 unspecified atom stereocenters. The standard InChI is InChI=1S/C12H17ClN2O2S/c1-2-12(5-6-12)8-15-18(16,17)11-4-3-9(13)7-10(11)14/h3-4,7,15H,2,5-6,8,14H2,1H3. The van der Waals surface area contributed by atoms with Crippen LogP contribution in [-0.2, 0) is 10.0 Å². The average molecular weight is 289 g/mol. The third-order valence-corrected chi connectivity index (χ3v) is 5.32. The molecule has 2 rings (SSSR count). The van der Waals surface area contributed by atoms with Gasteiger partial charge in [0.1, 0.15) is 4.90 Å². The summed E-state index contributed by atoms with van der Waals surface area (Å²) in [6, 6.07) is 4.41. The van der Waals surface area contributed by atoms with Gasteiger partial charge in [0.2, 0.25) is 10.0 Å². The molecule has 18 heavy (non-hydrogen) atoms. The maximum Gasteiger partial charge on any atom is 0.242 e. The summed E-state index contributed by atoms with van der Waals surface area (Å²) in [4.78, 5) is 0.0961. The van der Waals surface area contributed by atoms with Gasteiger partial charge in [-0.15, -0.1) is 0 Å². The van der Waals surface area contributed by atoms with Crippen LogP contribution in [0.1, 0.15) is 26.2 Å². The molecule has 0 spiro atoms. The Kier molecular flexibility index (Phi) is 3.58. The van der Waals surface area contributed by atoms with Crippen LogP contribution in [-0.4, -0.2) is 15.0 Å². The van der Waals surface area contributed by atoms with E-state index in [0.717, 1.165) is 19.3 Å². The number of sulfonamides is 1. The lowest BCUT2D eigenvalue weighted by atomic mass is 10.1. The molecular formula is C12H17ClN2O2S. The van der Waals surface area contributed by atoms with Crippen LogP contribution in [0.25, 0.3) is 0 Å². The van der Waals surface area contributed by atoms with E-state index in [1.165, 1.54) is 18.2 Å². The SMILES string of the molecule is CCC1(CNS(=O)(=O)c2ccc(Cl)cc2N)CC1. The third kappa shape index (κ3) is 2.79. The first-order valence-electron chi connectivity index (χ1n) is 5.93. The largest absolute Gasteiger partial charge is 0.398 e. The van der Waals surface area contributed by atoms with Crippen LogP contribution in [0.3, 0.4) is 0 Å². The number of benzene rings is 1. The van der Waals surface area contributed by atoms with Crippen molar-refractivity contribution in [3.8, 4) is 0 Å². The van der Waals surface area contributed by atoms with Gasteiger partial charge in [0, 0.05) is 11.6 Å². The van der Waals surface area contributed by atoms with Crippen molar-refractivity contribution in [3.63, 3.8) is 0 Å². The summed E-state index contributed by atoms with van der Waals surface area (Å²) in [6.07, 6.45) is 3.16. The molecule has 1 aromatic rings. The minimum atomic E-state index is -3.54. The van der Waals surface area contributed by atoms with Crippen LogP contribution in [0.4, 0.5) is 5.69 Å². The van der Waals surface area contributed by atoms with Gasteiger partial charge in [-0.25, -0.2) is 13.1 Å². The molecule has 0 saturated heterocycles. The van der Waals surface area contributed by atoms with Crippen molar-refractivity contribution < 1.29 is 8.42 Å². The maximum absolute atomic E-state index is 12.1. The van der Waals surface area contributed by atoms with E-state index in [1.54, 1.807) is 0 Å². The highest BCUT2D eigenvalue weighted by Gasteiger charge is 2.41. The van der Waals surface area contributed by atoms with E-state index in [2.05, 4.69) is 11.6 Å². The summed E-state index contributed by atoms with van der Waals surface area (Å²) in [7, 11) is -3.54. The van der Waals surface area contributed by atoms with Gasteiger partial charge in [-0.3, -0.25) is 0 Å².